The topological polar surface area (TPSA) is 59.8 Å². The molecule has 0 aliphatic heterocycles. The van der Waals surface area contributed by atoms with Crippen molar-refractivity contribution < 1.29 is 9.18 Å². The lowest BCUT2D eigenvalue weighted by Crippen LogP contribution is -2.42. The molecule has 0 unspecified atom stereocenters. The van der Waals surface area contributed by atoms with E-state index in [4.69, 9.17) is 11.6 Å². The monoisotopic (exact) mass is 462 g/mol. The largest absolute Gasteiger partial charge is 0.351 e. The van der Waals surface area contributed by atoms with Gasteiger partial charge in [-0.15, -0.1) is 0 Å². The molecular formula is C26H24ClFN4O. The highest BCUT2D eigenvalue weighted by molar-refractivity contribution is 6.30. The molecule has 1 N–H and O–H groups in total. The summed E-state index contributed by atoms with van der Waals surface area (Å²) >= 11 is 6.11. The summed E-state index contributed by atoms with van der Waals surface area (Å²) in [5, 5.41) is 4.08. The lowest BCUT2D eigenvalue weighted by molar-refractivity contribution is 0.0938. The first-order chi connectivity index (χ1) is 16.1. The van der Waals surface area contributed by atoms with Gasteiger partial charge in [0.15, 0.2) is 0 Å². The predicted octanol–water partition coefficient (Wildman–Crippen LogP) is 5.84. The van der Waals surface area contributed by atoms with Crippen molar-refractivity contribution in [3.63, 3.8) is 0 Å². The summed E-state index contributed by atoms with van der Waals surface area (Å²) in [5.74, 6) is -0.367. The van der Waals surface area contributed by atoms with E-state index in [1.54, 1.807) is 41.4 Å². The summed E-state index contributed by atoms with van der Waals surface area (Å²) in [6.07, 6.45) is 10.2. The number of halogens is 2. The third-order valence-electron chi connectivity index (χ3n) is 6.65. The first-order valence-corrected chi connectivity index (χ1v) is 11.6. The fourth-order valence-electron chi connectivity index (χ4n) is 4.94. The lowest BCUT2D eigenvalue weighted by atomic mass is 9.69. The molecule has 2 aromatic carbocycles. The van der Waals surface area contributed by atoms with Gasteiger partial charge in [0.05, 0.1) is 11.1 Å². The number of carbonyl (C=O) groups is 1. The van der Waals surface area contributed by atoms with Gasteiger partial charge in [0.2, 0.25) is 5.95 Å². The van der Waals surface area contributed by atoms with Gasteiger partial charge in [-0.2, -0.15) is 0 Å². The maximum Gasteiger partial charge on any atom is 0.253 e. The first kappa shape index (κ1) is 21.6. The van der Waals surface area contributed by atoms with E-state index >= 15 is 0 Å². The molecule has 2 heterocycles. The van der Waals surface area contributed by atoms with Crippen molar-refractivity contribution in [1.29, 1.82) is 0 Å². The number of rotatable bonds is 5. The molecule has 2 aromatic heterocycles. The van der Waals surface area contributed by atoms with Gasteiger partial charge in [0.1, 0.15) is 5.82 Å². The van der Waals surface area contributed by atoms with E-state index in [0.717, 1.165) is 25.7 Å². The molecule has 0 saturated heterocycles. The molecule has 0 atom stereocenters. The van der Waals surface area contributed by atoms with Gasteiger partial charge in [-0.1, -0.05) is 49.1 Å². The van der Waals surface area contributed by atoms with Crippen molar-refractivity contribution in [3.05, 3.63) is 89.1 Å². The molecule has 1 aliphatic carbocycles. The summed E-state index contributed by atoms with van der Waals surface area (Å²) < 4.78 is 16.5. The summed E-state index contributed by atoms with van der Waals surface area (Å²) in [6, 6.07) is 14.4. The zero-order chi connectivity index (χ0) is 22.8. The third-order valence-corrected chi connectivity index (χ3v) is 6.90. The number of hydrogen-bond acceptors (Lipinski definition) is 3. The maximum atomic E-state index is 14.9. The van der Waals surface area contributed by atoms with Crippen molar-refractivity contribution in [1.82, 2.24) is 19.9 Å². The van der Waals surface area contributed by atoms with Gasteiger partial charge in [-0.3, -0.25) is 9.36 Å². The maximum absolute atomic E-state index is 14.9. The number of amides is 1. The van der Waals surface area contributed by atoms with E-state index in [9.17, 15) is 9.18 Å². The molecule has 1 fully saturated rings. The summed E-state index contributed by atoms with van der Waals surface area (Å²) in [5.41, 5.74) is 1.85. The smallest absolute Gasteiger partial charge is 0.253 e. The second kappa shape index (κ2) is 8.94. The van der Waals surface area contributed by atoms with Crippen molar-refractivity contribution in [3.8, 4) is 5.95 Å². The zero-order valence-electron chi connectivity index (χ0n) is 18.1. The van der Waals surface area contributed by atoms with E-state index in [0.29, 0.717) is 23.0 Å². The zero-order valence-corrected chi connectivity index (χ0v) is 18.9. The second-order valence-corrected chi connectivity index (χ2v) is 9.06. The number of fused-ring (bicyclic) bond motifs is 1. The number of nitrogens with one attached hydrogen (secondary N) is 1. The van der Waals surface area contributed by atoms with Crippen LogP contribution in [0.5, 0.6) is 0 Å². The third kappa shape index (κ3) is 4.11. The minimum Gasteiger partial charge on any atom is -0.351 e. The molecule has 0 spiro atoms. The number of carbonyl (C=O) groups excluding carboxylic acids is 1. The summed E-state index contributed by atoms with van der Waals surface area (Å²) in [6.45, 7) is 0.483. The summed E-state index contributed by atoms with van der Waals surface area (Å²) in [7, 11) is 0. The molecule has 1 amide bonds. The number of nitrogens with zero attached hydrogens (tertiary/aromatic N) is 3. The van der Waals surface area contributed by atoms with Crippen LogP contribution in [-0.4, -0.2) is 27.0 Å². The van der Waals surface area contributed by atoms with Crippen LogP contribution in [-0.2, 0) is 5.41 Å². The SMILES string of the molecule is O=C(NCC1(c2ccc(Cl)cc2)CCCCC1)c1cn(-c2ncccn2)c2cccc(F)c12. The Balaban J connectivity index is 1.48. The minimum atomic E-state index is -0.447. The first-order valence-electron chi connectivity index (χ1n) is 11.2. The van der Waals surface area contributed by atoms with Gasteiger partial charge in [-0.25, -0.2) is 14.4 Å². The Hall–Kier alpha value is -3.25. The Bertz CT molecular complexity index is 1280. The van der Waals surface area contributed by atoms with Crippen LogP contribution in [0.15, 0.2) is 67.1 Å². The van der Waals surface area contributed by atoms with Crippen molar-refractivity contribution >= 4 is 28.4 Å². The van der Waals surface area contributed by atoms with Crippen LogP contribution < -0.4 is 5.32 Å². The summed E-state index contributed by atoms with van der Waals surface area (Å²) in [4.78, 5) is 21.9. The molecule has 0 bridgehead atoms. The van der Waals surface area contributed by atoms with Crippen LogP contribution in [0.1, 0.15) is 48.0 Å². The molecule has 1 saturated carbocycles. The van der Waals surface area contributed by atoms with E-state index < -0.39 is 5.82 Å². The quantitative estimate of drug-likeness (QED) is 0.405. The molecule has 0 radical (unpaired) electrons. The highest BCUT2D eigenvalue weighted by Gasteiger charge is 2.34. The molecular weight excluding hydrogens is 439 g/mol. The van der Waals surface area contributed by atoms with Crippen LogP contribution in [0.25, 0.3) is 16.9 Å². The minimum absolute atomic E-state index is 0.155. The van der Waals surface area contributed by atoms with Gasteiger partial charge in [-0.05, 0) is 48.7 Å². The Labute approximate surface area is 196 Å². The van der Waals surface area contributed by atoms with Gasteiger partial charge < -0.3 is 5.32 Å². The van der Waals surface area contributed by atoms with E-state index in [1.165, 1.54) is 18.1 Å². The van der Waals surface area contributed by atoms with E-state index in [1.807, 2.05) is 12.1 Å². The van der Waals surface area contributed by atoms with Crippen LogP contribution in [0.4, 0.5) is 4.39 Å². The van der Waals surface area contributed by atoms with E-state index in [2.05, 4.69) is 27.4 Å². The van der Waals surface area contributed by atoms with Gasteiger partial charge in [0.25, 0.3) is 5.91 Å². The van der Waals surface area contributed by atoms with Crippen LogP contribution in [0.2, 0.25) is 5.02 Å². The highest BCUT2D eigenvalue weighted by Crippen LogP contribution is 2.39. The highest BCUT2D eigenvalue weighted by atomic mass is 35.5. The Morgan fingerprint density at radius 3 is 2.48 bits per heavy atom. The van der Waals surface area contributed by atoms with E-state index in [-0.39, 0.29) is 22.3 Å². The average molecular weight is 463 g/mol. The van der Waals surface area contributed by atoms with Crippen molar-refractivity contribution in [2.45, 2.75) is 37.5 Å². The average Bonchev–Trinajstić information content (AvgIpc) is 3.25. The Kier molecular flexibility index (Phi) is 5.85. The van der Waals surface area contributed by atoms with Gasteiger partial charge in [0, 0.05) is 41.0 Å². The van der Waals surface area contributed by atoms with Crippen molar-refractivity contribution in [2.75, 3.05) is 6.54 Å². The fourth-order valence-corrected chi connectivity index (χ4v) is 5.07. The molecule has 4 aromatic rings. The number of hydrogen-bond donors (Lipinski definition) is 1. The molecule has 33 heavy (non-hydrogen) atoms. The normalized spacial score (nSPS) is 15.5. The second-order valence-electron chi connectivity index (χ2n) is 8.63. The Morgan fingerprint density at radius 2 is 1.76 bits per heavy atom. The standard InChI is InChI=1S/C26H24ClFN4O/c27-19-10-8-18(9-11-19)26(12-2-1-3-13-26)17-31-24(33)20-16-32(25-29-14-5-15-30-25)22-7-4-6-21(28)23(20)22/h4-11,14-16H,1-3,12-13,17H2,(H,31,33). The van der Waals surface area contributed by atoms with Gasteiger partial charge >= 0.3 is 0 Å². The van der Waals surface area contributed by atoms with Crippen LogP contribution in [0, 0.1) is 5.82 Å². The molecule has 7 heteroatoms. The van der Waals surface area contributed by atoms with Crippen LogP contribution >= 0.6 is 11.6 Å². The number of aromatic nitrogens is 3. The molecule has 1 aliphatic rings. The fraction of sp³-hybridized carbons (Fsp3) is 0.269. The Morgan fingerprint density at radius 1 is 1.03 bits per heavy atom. The lowest BCUT2D eigenvalue weighted by Gasteiger charge is -2.38. The predicted molar refractivity (Wildman–Crippen MR) is 127 cm³/mol. The molecule has 5 nitrogen and oxygen atoms in total. The number of benzene rings is 2. The van der Waals surface area contributed by atoms with Crippen LogP contribution in [0.3, 0.4) is 0 Å². The molecule has 168 valence electrons. The van der Waals surface area contributed by atoms with Crippen molar-refractivity contribution in [2.24, 2.45) is 0 Å². The molecule has 5 rings (SSSR count).